The zero-order chi connectivity index (χ0) is 70.0. The van der Waals surface area contributed by atoms with Crippen LogP contribution in [0.3, 0.4) is 0 Å². The van der Waals surface area contributed by atoms with E-state index in [0.29, 0.717) is 25.7 Å². The van der Waals surface area contributed by atoms with Gasteiger partial charge in [-0.2, -0.15) is 0 Å². The molecule has 95 heavy (non-hydrogen) atoms. The standard InChI is InChI=1S/C76H148O17P2/c1-7-10-12-14-16-18-20-22-24-25-26-27-28-30-32-36-40-48-54-60-75(80)92-71(64-86-73(78)58-52-46-39-35-31-29-23-21-19-17-15-13-11-8-2)66-90-94(82,83)88-62-70(77)63-89-95(84,85)91-67-72(65-87-74(79)59-53-47-43-42-45-51-57-69(6)9-3)93-76(81)61-55-49-41-37-33-34-38-44-50-56-68(4)5/h68-72,77H,7-67H2,1-6H3,(H,82,83)(H,84,85)/t69?,70-,71-,72-/m1/s1. The molecular weight excluding hydrogens is 1250 g/mol. The summed E-state index contributed by atoms with van der Waals surface area (Å²) in [6, 6.07) is 0. The Balaban J connectivity index is 5.23. The molecule has 564 valence electrons. The molecule has 0 heterocycles. The fourth-order valence-corrected chi connectivity index (χ4v) is 13.2. The largest absolute Gasteiger partial charge is 0.472 e. The smallest absolute Gasteiger partial charge is 0.462 e. The highest BCUT2D eigenvalue weighted by molar-refractivity contribution is 7.47. The third-order valence-electron chi connectivity index (χ3n) is 18.1. The predicted molar refractivity (Wildman–Crippen MR) is 386 cm³/mol. The number of hydrogen-bond donors (Lipinski definition) is 3. The van der Waals surface area contributed by atoms with Crippen LogP contribution in [0, 0.1) is 11.8 Å². The summed E-state index contributed by atoms with van der Waals surface area (Å²) in [6.07, 6.45) is 55.6. The monoisotopic (exact) mass is 1400 g/mol. The number of ether oxygens (including phenoxy) is 4. The molecule has 0 bridgehead atoms. The van der Waals surface area contributed by atoms with Crippen molar-refractivity contribution in [1.82, 2.24) is 0 Å². The van der Waals surface area contributed by atoms with Gasteiger partial charge >= 0.3 is 39.5 Å². The summed E-state index contributed by atoms with van der Waals surface area (Å²) in [5, 5.41) is 10.6. The number of rotatable bonds is 75. The highest BCUT2D eigenvalue weighted by Crippen LogP contribution is 2.45. The van der Waals surface area contributed by atoms with Crippen molar-refractivity contribution >= 4 is 39.5 Å². The second kappa shape index (κ2) is 67.9. The minimum Gasteiger partial charge on any atom is -0.462 e. The topological polar surface area (TPSA) is 237 Å². The third-order valence-corrected chi connectivity index (χ3v) is 20.0. The van der Waals surface area contributed by atoms with E-state index < -0.39 is 97.5 Å². The molecule has 0 aliphatic rings. The van der Waals surface area contributed by atoms with Crippen LogP contribution >= 0.6 is 15.6 Å². The van der Waals surface area contributed by atoms with Crippen molar-refractivity contribution in [2.75, 3.05) is 39.6 Å². The molecule has 0 spiro atoms. The maximum absolute atomic E-state index is 13.1. The Bertz CT molecular complexity index is 1840. The van der Waals surface area contributed by atoms with E-state index in [2.05, 4.69) is 41.5 Å². The Morgan fingerprint density at radius 1 is 0.305 bits per heavy atom. The van der Waals surface area contributed by atoms with Crippen molar-refractivity contribution in [2.24, 2.45) is 11.8 Å². The molecular formula is C76H148O17P2. The average Bonchev–Trinajstić information content (AvgIpc) is 3.12. The molecule has 0 aliphatic heterocycles. The van der Waals surface area contributed by atoms with E-state index in [1.54, 1.807) is 0 Å². The van der Waals surface area contributed by atoms with E-state index in [1.807, 2.05) is 0 Å². The van der Waals surface area contributed by atoms with Crippen molar-refractivity contribution in [1.29, 1.82) is 0 Å². The van der Waals surface area contributed by atoms with Crippen LogP contribution in [0.5, 0.6) is 0 Å². The molecule has 19 heteroatoms. The molecule has 0 saturated heterocycles. The Labute approximate surface area is 581 Å². The summed E-state index contributed by atoms with van der Waals surface area (Å²) in [6.45, 7) is 9.53. The number of carbonyl (C=O) groups is 4. The first-order valence-electron chi connectivity index (χ1n) is 39.5. The normalized spacial score (nSPS) is 14.3. The fourth-order valence-electron chi connectivity index (χ4n) is 11.6. The molecule has 0 radical (unpaired) electrons. The minimum absolute atomic E-state index is 0.105. The SMILES string of the molecule is CCCCCCCCCCCCCCCCCCCCCC(=O)O[C@H](COC(=O)CCCCCCCCCCCCCCCC)COP(=O)(O)OC[C@@H](O)COP(=O)(O)OC[C@@H](COC(=O)CCCCCCCCC(C)CC)OC(=O)CCCCCCCCCCCC(C)C. The lowest BCUT2D eigenvalue weighted by Crippen LogP contribution is -2.30. The van der Waals surface area contributed by atoms with Crippen molar-refractivity contribution in [2.45, 2.75) is 413 Å². The van der Waals surface area contributed by atoms with E-state index in [-0.39, 0.29) is 25.7 Å². The molecule has 0 aliphatic carbocycles. The number of phosphoric ester groups is 2. The average molecular weight is 1400 g/mol. The number of unbranched alkanes of at least 4 members (excludes halogenated alkanes) is 44. The minimum atomic E-state index is -4.96. The lowest BCUT2D eigenvalue weighted by atomic mass is 10.00. The van der Waals surface area contributed by atoms with Crippen molar-refractivity contribution in [3.63, 3.8) is 0 Å². The van der Waals surface area contributed by atoms with Crippen LogP contribution in [0.15, 0.2) is 0 Å². The van der Waals surface area contributed by atoms with Gasteiger partial charge in [-0.15, -0.1) is 0 Å². The lowest BCUT2D eigenvalue weighted by molar-refractivity contribution is -0.161. The van der Waals surface area contributed by atoms with Crippen LogP contribution < -0.4 is 0 Å². The van der Waals surface area contributed by atoms with Crippen LogP contribution in [0.2, 0.25) is 0 Å². The fraction of sp³-hybridized carbons (Fsp3) is 0.947. The van der Waals surface area contributed by atoms with Gasteiger partial charge in [-0.05, 0) is 37.5 Å². The highest BCUT2D eigenvalue weighted by atomic mass is 31.2. The van der Waals surface area contributed by atoms with Gasteiger partial charge < -0.3 is 33.8 Å². The van der Waals surface area contributed by atoms with Gasteiger partial charge in [0.1, 0.15) is 19.3 Å². The quantitative estimate of drug-likeness (QED) is 0.0222. The maximum Gasteiger partial charge on any atom is 0.472 e. The predicted octanol–water partition coefficient (Wildman–Crippen LogP) is 22.3. The second-order valence-corrected chi connectivity index (χ2v) is 31.0. The highest BCUT2D eigenvalue weighted by Gasteiger charge is 2.30. The van der Waals surface area contributed by atoms with E-state index in [4.69, 9.17) is 37.0 Å². The van der Waals surface area contributed by atoms with E-state index in [1.165, 1.54) is 205 Å². The molecule has 0 amide bonds. The van der Waals surface area contributed by atoms with Gasteiger partial charge in [-0.25, -0.2) is 9.13 Å². The first-order valence-corrected chi connectivity index (χ1v) is 42.5. The first-order chi connectivity index (χ1) is 45.9. The Hall–Kier alpha value is -1.94. The molecule has 6 atom stereocenters. The van der Waals surface area contributed by atoms with E-state index in [0.717, 1.165) is 108 Å². The van der Waals surface area contributed by atoms with E-state index in [9.17, 15) is 43.2 Å². The van der Waals surface area contributed by atoms with Gasteiger partial charge in [-0.1, -0.05) is 343 Å². The molecule has 0 aromatic heterocycles. The zero-order valence-electron chi connectivity index (χ0n) is 62.0. The third kappa shape index (κ3) is 69.0. The Morgan fingerprint density at radius 3 is 0.800 bits per heavy atom. The van der Waals surface area contributed by atoms with Crippen LogP contribution in [0.4, 0.5) is 0 Å². The number of carbonyl (C=O) groups excluding carboxylic acids is 4. The number of aliphatic hydroxyl groups is 1. The second-order valence-electron chi connectivity index (χ2n) is 28.1. The summed E-state index contributed by atoms with van der Waals surface area (Å²) in [4.78, 5) is 72.8. The summed E-state index contributed by atoms with van der Waals surface area (Å²) in [5.41, 5.74) is 0. The van der Waals surface area contributed by atoms with Crippen LogP contribution in [-0.4, -0.2) is 96.7 Å². The van der Waals surface area contributed by atoms with Crippen LogP contribution in [0.25, 0.3) is 0 Å². The molecule has 0 aromatic carbocycles. The van der Waals surface area contributed by atoms with Gasteiger partial charge in [0.2, 0.25) is 0 Å². The molecule has 3 N–H and O–H groups in total. The van der Waals surface area contributed by atoms with Crippen molar-refractivity contribution < 1.29 is 80.2 Å². The van der Waals surface area contributed by atoms with E-state index >= 15 is 0 Å². The zero-order valence-corrected chi connectivity index (χ0v) is 63.8. The molecule has 0 rings (SSSR count). The number of esters is 4. The van der Waals surface area contributed by atoms with Gasteiger partial charge in [0, 0.05) is 25.7 Å². The van der Waals surface area contributed by atoms with Gasteiger partial charge in [-0.3, -0.25) is 37.3 Å². The van der Waals surface area contributed by atoms with Crippen molar-refractivity contribution in [3.05, 3.63) is 0 Å². The molecule has 0 saturated carbocycles. The number of phosphoric acid groups is 2. The Kier molecular flexibility index (Phi) is 66.5. The number of aliphatic hydroxyl groups excluding tert-OH is 1. The number of hydrogen-bond acceptors (Lipinski definition) is 15. The van der Waals surface area contributed by atoms with Crippen LogP contribution in [-0.2, 0) is 65.4 Å². The molecule has 0 aromatic rings. The van der Waals surface area contributed by atoms with Gasteiger partial charge in [0.05, 0.1) is 26.4 Å². The lowest BCUT2D eigenvalue weighted by Gasteiger charge is -2.21. The first kappa shape index (κ1) is 93.1. The molecule has 0 fully saturated rings. The van der Waals surface area contributed by atoms with Gasteiger partial charge in [0.15, 0.2) is 12.2 Å². The Morgan fingerprint density at radius 2 is 0.537 bits per heavy atom. The van der Waals surface area contributed by atoms with Crippen molar-refractivity contribution in [3.8, 4) is 0 Å². The summed E-state index contributed by atoms with van der Waals surface area (Å²) < 4.78 is 68.5. The van der Waals surface area contributed by atoms with Crippen LogP contribution in [0.1, 0.15) is 395 Å². The molecule has 17 nitrogen and oxygen atoms in total. The summed E-state index contributed by atoms with van der Waals surface area (Å²) in [7, 11) is -9.91. The summed E-state index contributed by atoms with van der Waals surface area (Å²) >= 11 is 0. The summed E-state index contributed by atoms with van der Waals surface area (Å²) in [5.74, 6) is -0.650. The maximum atomic E-state index is 13.1. The van der Waals surface area contributed by atoms with Gasteiger partial charge in [0.25, 0.3) is 0 Å². The molecule has 3 unspecified atom stereocenters.